The first-order valence-corrected chi connectivity index (χ1v) is 6.34. The van der Waals surface area contributed by atoms with Gasteiger partial charge in [-0.3, -0.25) is 4.68 Å². The summed E-state index contributed by atoms with van der Waals surface area (Å²) in [5.41, 5.74) is 0.813. The lowest BCUT2D eigenvalue weighted by Crippen LogP contribution is -2.25. The van der Waals surface area contributed by atoms with Crippen LogP contribution in [0.25, 0.3) is 0 Å². The fourth-order valence-electron chi connectivity index (χ4n) is 1.86. The van der Waals surface area contributed by atoms with Crippen LogP contribution in [0.5, 0.6) is 11.5 Å². The molecule has 1 heterocycles. The summed E-state index contributed by atoms with van der Waals surface area (Å²) in [4.78, 5) is 0. The van der Waals surface area contributed by atoms with Gasteiger partial charge < -0.3 is 19.9 Å². The van der Waals surface area contributed by atoms with Crippen molar-refractivity contribution in [2.45, 2.75) is 12.6 Å². The lowest BCUT2D eigenvalue weighted by atomic mass is 10.2. The van der Waals surface area contributed by atoms with Gasteiger partial charge in [0, 0.05) is 25.0 Å². The van der Waals surface area contributed by atoms with Gasteiger partial charge in [-0.05, 0) is 18.2 Å². The zero-order valence-electron chi connectivity index (χ0n) is 11.6. The minimum absolute atomic E-state index is 0.405. The molecule has 0 radical (unpaired) electrons. The van der Waals surface area contributed by atoms with Crippen molar-refractivity contribution in [2.75, 3.05) is 26.1 Å². The fourth-order valence-corrected chi connectivity index (χ4v) is 1.86. The van der Waals surface area contributed by atoms with Crippen LogP contribution < -0.4 is 14.8 Å². The highest BCUT2D eigenvalue weighted by Gasteiger charge is 2.08. The monoisotopic (exact) mass is 277 g/mol. The van der Waals surface area contributed by atoms with Crippen LogP contribution >= 0.6 is 0 Å². The first kappa shape index (κ1) is 14.2. The average molecular weight is 277 g/mol. The molecule has 0 aliphatic heterocycles. The van der Waals surface area contributed by atoms with Gasteiger partial charge in [0.1, 0.15) is 11.5 Å². The van der Waals surface area contributed by atoms with Crippen molar-refractivity contribution in [3.8, 4) is 11.5 Å². The summed E-state index contributed by atoms with van der Waals surface area (Å²) in [7, 11) is 3.20. The van der Waals surface area contributed by atoms with E-state index in [2.05, 4.69) is 10.4 Å². The number of aliphatic hydroxyl groups is 1. The molecule has 1 atom stereocenters. The molecule has 0 aliphatic carbocycles. The Labute approximate surface area is 117 Å². The van der Waals surface area contributed by atoms with E-state index in [0.29, 0.717) is 18.8 Å². The summed E-state index contributed by atoms with van der Waals surface area (Å²) in [5.74, 6) is 1.40. The second kappa shape index (κ2) is 6.81. The van der Waals surface area contributed by atoms with Crippen molar-refractivity contribution in [3.63, 3.8) is 0 Å². The van der Waals surface area contributed by atoms with Gasteiger partial charge >= 0.3 is 0 Å². The summed E-state index contributed by atoms with van der Waals surface area (Å²) in [5, 5.41) is 17.2. The molecule has 1 aromatic carbocycles. The predicted octanol–water partition coefficient (Wildman–Crippen LogP) is 1.37. The van der Waals surface area contributed by atoms with E-state index in [4.69, 9.17) is 9.47 Å². The second-order valence-electron chi connectivity index (χ2n) is 4.33. The largest absolute Gasteiger partial charge is 0.497 e. The highest BCUT2D eigenvalue weighted by atomic mass is 16.5. The number of ether oxygens (including phenoxy) is 2. The van der Waals surface area contributed by atoms with E-state index in [1.165, 1.54) is 0 Å². The molecule has 2 aromatic rings. The Balaban J connectivity index is 1.93. The molecule has 2 N–H and O–H groups in total. The molecule has 0 amide bonds. The smallest absolute Gasteiger partial charge is 0.145 e. The van der Waals surface area contributed by atoms with Crippen LogP contribution in [0.4, 0.5) is 5.69 Å². The van der Waals surface area contributed by atoms with E-state index < -0.39 is 6.10 Å². The van der Waals surface area contributed by atoms with Crippen molar-refractivity contribution in [1.29, 1.82) is 0 Å². The van der Waals surface area contributed by atoms with E-state index in [1.54, 1.807) is 31.2 Å². The van der Waals surface area contributed by atoms with Crippen molar-refractivity contribution < 1.29 is 14.6 Å². The van der Waals surface area contributed by atoms with Gasteiger partial charge in [-0.15, -0.1) is 0 Å². The highest BCUT2D eigenvalue weighted by Crippen LogP contribution is 2.28. The first-order chi connectivity index (χ1) is 9.72. The summed E-state index contributed by atoms with van der Waals surface area (Å²) in [6.07, 6.45) is 2.96. The number of anilines is 1. The van der Waals surface area contributed by atoms with Gasteiger partial charge in [0.15, 0.2) is 0 Å². The van der Waals surface area contributed by atoms with Crippen molar-refractivity contribution in [1.82, 2.24) is 9.78 Å². The van der Waals surface area contributed by atoms with Crippen molar-refractivity contribution >= 4 is 5.69 Å². The van der Waals surface area contributed by atoms with Crippen LogP contribution in [0.3, 0.4) is 0 Å². The normalized spacial score (nSPS) is 11.9. The minimum Gasteiger partial charge on any atom is -0.497 e. The number of rotatable bonds is 7. The van der Waals surface area contributed by atoms with Gasteiger partial charge in [-0.25, -0.2) is 0 Å². The van der Waals surface area contributed by atoms with Gasteiger partial charge in [-0.2, -0.15) is 5.10 Å². The van der Waals surface area contributed by atoms with Gasteiger partial charge in [0.05, 0.1) is 32.6 Å². The Bertz CT molecular complexity index is 528. The standard InChI is InChI=1S/C14H19N3O3/c1-19-12-4-5-13(14(8-12)20-2)15-9-11(18)10-17-7-3-6-16-17/h3-8,11,15,18H,9-10H2,1-2H3. The molecular formula is C14H19N3O3. The van der Waals surface area contributed by atoms with Gasteiger partial charge in [0.2, 0.25) is 0 Å². The maximum atomic E-state index is 9.96. The topological polar surface area (TPSA) is 68.5 Å². The van der Waals surface area contributed by atoms with Gasteiger partial charge in [-0.1, -0.05) is 0 Å². The molecular weight excluding hydrogens is 258 g/mol. The molecule has 20 heavy (non-hydrogen) atoms. The molecule has 0 fully saturated rings. The summed E-state index contributed by atoms with van der Waals surface area (Å²) in [6, 6.07) is 7.32. The number of benzene rings is 1. The fraction of sp³-hybridized carbons (Fsp3) is 0.357. The number of hydrogen-bond acceptors (Lipinski definition) is 5. The zero-order valence-corrected chi connectivity index (χ0v) is 11.6. The maximum Gasteiger partial charge on any atom is 0.145 e. The molecule has 0 saturated heterocycles. The van der Waals surface area contributed by atoms with Crippen LogP contribution in [-0.4, -0.2) is 41.8 Å². The minimum atomic E-state index is -0.540. The Kier molecular flexibility index (Phi) is 4.84. The number of nitrogens with one attached hydrogen (secondary N) is 1. The summed E-state index contributed by atoms with van der Waals surface area (Å²) >= 11 is 0. The summed E-state index contributed by atoms with van der Waals surface area (Å²) in [6.45, 7) is 0.848. The van der Waals surface area contributed by atoms with E-state index in [9.17, 15) is 5.11 Å². The average Bonchev–Trinajstić information content (AvgIpc) is 2.97. The lowest BCUT2D eigenvalue weighted by molar-refractivity contribution is 0.161. The third kappa shape index (κ3) is 3.64. The molecule has 0 aliphatic rings. The summed E-state index contributed by atoms with van der Waals surface area (Å²) < 4.78 is 12.1. The molecule has 1 aromatic heterocycles. The Morgan fingerprint density at radius 2 is 2.20 bits per heavy atom. The third-order valence-electron chi connectivity index (χ3n) is 2.89. The highest BCUT2D eigenvalue weighted by molar-refractivity contribution is 5.59. The Morgan fingerprint density at radius 1 is 1.35 bits per heavy atom. The number of aliphatic hydroxyl groups excluding tert-OH is 1. The third-order valence-corrected chi connectivity index (χ3v) is 2.89. The SMILES string of the molecule is COc1ccc(NCC(O)Cn2cccn2)c(OC)c1. The van der Waals surface area contributed by atoms with Crippen molar-refractivity contribution in [2.24, 2.45) is 0 Å². The molecule has 6 nitrogen and oxygen atoms in total. The van der Waals surface area contributed by atoms with E-state index in [0.717, 1.165) is 11.4 Å². The zero-order chi connectivity index (χ0) is 14.4. The molecule has 1 unspecified atom stereocenters. The molecule has 6 heteroatoms. The van der Waals surface area contributed by atoms with Crippen LogP contribution in [0.1, 0.15) is 0 Å². The number of nitrogens with zero attached hydrogens (tertiary/aromatic N) is 2. The van der Waals surface area contributed by atoms with Gasteiger partial charge in [0.25, 0.3) is 0 Å². The first-order valence-electron chi connectivity index (χ1n) is 6.34. The quantitative estimate of drug-likeness (QED) is 0.800. The molecule has 108 valence electrons. The van der Waals surface area contributed by atoms with Crippen LogP contribution in [-0.2, 0) is 6.54 Å². The Hall–Kier alpha value is -2.21. The van der Waals surface area contributed by atoms with Crippen molar-refractivity contribution in [3.05, 3.63) is 36.7 Å². The van der Waals surface area contributed by atoms with Crippen LogP contribution in [0.15, 0.2) is 36.7 Å². The molecule has 2 rings (SSSR count). The second-order valence-corrected chi connectivity index (χ2v) is 4.33. The maximum absolute atomic E-state index is 9.96. The number of hydrogen-bond donors (Lipinski definition) is 2. The van der Waals surface area contributed by atoms with Crippen LogP contribution in [0, 0.1) is 0 Å². The van der Waals surface area contributed by atoms with Crippen LogP contribution in [0.2, 0.25) is 0 Å². The molecule has 0 spiro atoms. The number of aromatic nitrogens is 2. The molecule has 0 bridgehead atoms. The van der Waals surface area contributed by atoms with E-state index in [-0.39, 0.29) is 0 Å². The Morgan fingerprint density at radius 3 is 2.85 bits per heavy atom. The number of methoxy groups -OCH3 is 2. The molecule has 0 saturated carbocycles. The van der Waals surface area contributed by atoms with E-state index in [1.807, 2.05) is 24.4 Å². The predicted molar refractivity (Wildman–Crippen MR) is 76.3 cm³/mol. The van der Waals surface area contributed by atoms with E-state index >= 15 is 0 Å². The lowest BCUT2D eigenvalue weighted by Gasteiger charge is -2.15.